The molecule has 0 aliphatic heterocycles. The second-order valence-electron chi connectivity index (χ2n) is 2.71. The van der Waals surface area contributed by atoms with Crippen LogP contribution in [0.3, 0.4) is 0 Å². The van der Waals surface area contributed by atoms with Crippen molar-refractivity contribution in [3.63, 3.8) is 0 Å². The van der Waals surface area contributed by atoms with Gasteiger partial charge in [0.05, 0.1) is 0 Å². The molecule has 0 saturated heterocycles. The Morgan fingerprint density at radius 3 is 2.00 bits per heavy atom. The summed E-state index contributed by atoms with van der Waals surface area (Å²) >= 11 is 0. The third kappa shape index (κ3) is 3.12. The number of para-hydroxylation sites is 1. The zero-order valence-electron chi connectivity index (χ0n) is 7.68. The molecule has 0 heterocycles. The molecule has 0 amide bonds. The molecular formula is C10H5F5O. The van der Waals surface area contributed by atoms with Gasteiger partial charge in [-0.25, -0.2) is 0 Å². The summed E-state index contributed by atoms with van der Waals surface area (Å²) in [6, 6.07) is 7.43. The van der Waals surface area contributed by atoms with E-state index in [1.165, 1.54) is 30.4 Å². The standard InChI is InChI=1S/C10H5F5O/c11-9(12,10(13,14)15)6-7-16-8-4-2-1-3-5-8/h1-5H. The molecule has 0 fully saturated rings. The van der Waals surface area contributed by atoms with E-state index in [1.807, 2.05) is 0 Å². The van der Waals surface area contributed by atoms with Gasteiger partial charge in [-0.1, -0.05) is 18.2 Å². The van der Waals surface area contributed by atoms with Crippen molar-refractivity contribution in [2.75, 3.05) is 0 Å². The van der Waals surface area contributed by atoms with Crippen LogP contribution in [0.25, 0.3) is 0 Å². The SMILES string of the molecule is FC(F)(F)C(F)(F)C#COc1ccccc1. The first kappa shape index (κ1) is 12.3. The molecule has 1 aromatic rings. The van der Waals surface area contributed by atoms with E-state index >= 15 is 0 Å². The normalized spacial score (nSPS) is 11.6. The summed E-state index contributed by atoms with van der Waals surface area (Å²) < 4.78 is 63.9. The monoisotopic (exact) mass is 236 g/mol. The van der Waals surface area contributed by atoms with Crippen LogP contribution in [0, 0.1) is 12.0 Å². The maximum atomic E-state index is 12.3. The predicted molar refractivity (Wildman–Crippen MR) is 45.8 cm³/mol. The number of benzene rings is 1. The lowest BCUT2D eigenvalue weighted by atomic mass is 10.3. The van der Waals surface area contributed by atoms with Crippen molar-refractivity contribution in [3.8, 4) is 17.8 Å². The van der Waals surface area contributed by atoms with Crippen LogP contribution in [0.5, 0.6) is 5.75 Å². The van der Waals surface area contributed by atoms with E-state index in [1.54, 1.807) is 6.07 Å². The Labute approximate surface area is 87.8 Å². The highest BCUT2D eigenvalue weighted by molar-refractivity contribution is 5.23. The van der Waals surface area contributed by atoms with Crippen molar-refractivity contribution < 1.29 is 26.7 Å². The van der Waals surface area contributed by atoms with E-state index in [9.17, 15) is 22.0 Å². The van der Waals surface area contributed by atoms with Crippen LogP contribution in [0.2, 0.25) is 0 Å². The summed E-state index contributed by atoms with van der Waals surface area (Å²) in [5, 5.41) is 0. The first-order valence-corrected chi connectivity index (χ1v) is 4.01. The summed E-state index contributed by atoms with van der Waals surface area (Å²) in [7, 11) is 0. The van der Waals surface area contributed by atoms with E-state index in [0.29, 0.717) is 5.92 Å². The van der Waals surface area contributed by atoms with E-state index in [-0.39, 0.29) is 5.75 Å². The number of halogens is 5. The average molecular weight is 236 g/mol. The molecule has 0 radical (unpaired) electrons. The van der Waals surface area contributed by atoms with Crippen molar-refractivity contribution >= 4 is 0 Å². The number of hydrogen-bond acceptors (Lipinski definition) is 1. The Morgan fingerprint density at radius 1 is 0.938 bits per heavy atom. The third-order valence-corrected chi connectivity index (χ3v) is 1.48. The van der Waals surface area contributed by atoms with Crippen molar-refractivity contribution in [2.24, 2.45) is 0 Å². The molecule has 16 heavy (non-hydrogen) atoms. The summed E-state index contributed by atoms with van der Waals surface area (Å²) in [5.74, 6) is -4.26. The highest BCUT2D eigenvalue weighted by Gasteiger charge is 2.56. The zero-order chi connectivity index (χ0) is 12.2. The highest BCUT2D eigenvalue weighted by atomic mass is 19.4. The molecule has 1 nitrogen and oxygen atoms in total. The van der Waals surface area contributed by atoms with Gasteiger partial charge in [0.2, 0.25) is 0 Å². The Hall–Kier alpha value is -1.77. The predicted octanol–water partition coefficient (Wildman–Crippen LogP) is 3.22. The van der Waals surface area contributed by atoms with E-state index in [2.05, 4.69) is 4.74 Å². The maximum Gasteiger partial charge on any atom is 0.466 e. The molecule has 1 rings (SSSR count). The molecule has 0 N–H and O–H groups in total. The number of hydrogen-bond donors (Lipinski definition) is 0. The van der Waals surface area contributed by atoms with E-state index < -0.39 is 12.1 Å². The van der Waals surface area contributed by atoms with Gasteiger partial charge in [-0.3, -0.25) is 0 Å². The van der Waals surface area contributed by atoms with Crippen LogP contribution in [0.15, 0.2) is 30.3 Å². The summed E-state index contributed by atoms with van der Waals surface area (Å²) in [6.07, 6.45) is -4.37. The Bertz CT molecular complexity index is 399. The quantitative estimate of drug-likeness (QED) is 0.537. The fraction of sp³-hybridized carbons (Fsp3) is 0.200. The minimum atomic E-state index is -5.69. The van der Waals surface area contributed by atoms with E-state index in [0.717, 1.165) is 0 Å². The van der Waals surface area contributed by atoms with Crippen LogP contribution in [0.4, 0.5) is 22.0 Å². The zero-order valence-corrected chi connectivity index (χ0v) is 7.68. The first-order chi connectivity index (χ1) is 7.33. The average Bonchev–Trinajstić information content (AvgIpc) is 2.17. The number of ether oxygens (including phenoxy) is 1. The molecule has 0 spiro atoms. The Morgan fingerprint density at radius 2 is 1.50 bits per heavy atom. The molecule has 1 aromatic carbocycles. The fourth-order valence-electron chi connectivity index (χ4n) is 0.708. The summed E-state index contributed by atoms with van der Waals surface area (Å²) in [6.45, 7) is 0. The summed E-state index contributed by atoms with van der Waals surface area (Å²) in [4.78, 5) is 0. The van der Waals surface area contributed by atoms with Gasteiger partial charge in [0.15, 0.2) is 0 Å². The van der Waals surface area contributed by atoms with Crippen molar-refractivity contribution in [2.45, 2.75) is 12.1 Å². The molecule has 0 aliphatic rings. The number of rotatable bonds is 1. The van der Waals surface area contributed by atoms with Crippen LogP contribution >= 0.6 is 0 Å². The van der Waals surface area contributed by atoms with Crippen LogP contribution in [-0.2, 0) is 0 Å². The Kier molecular flexibility index (Phi) is 3.38. The molecule has 0 unspecified atom stereocenters. The maximum absolute atomic E-state index is 12.3. The third-order valence-electron chi connectivity index (χ3n) is 1.48. The second kappa shape index (κ2) is 4.39. The lowest BCUT2D eigenvalue weighted by Crippen LogP contribution is -2.34. The minimum Gasteiger partial charge on any atom is -0.407 e. The molecule has 0 aliphatic carbocycles. The van der Waals surface area contributed by atoms with Gasteiger partial charge < -0.3 is 4.74 Å². The van der Waals surface area contributed by atoms with Crippen LogP contribution < -0.4 is 4.74 Å². The largest absolute Gasteiger partial charge is 0.466 e. The van der Waals surface area contributed by atoms with Crippen molar-refractivity contribution in [1.29, 1.82) is 0 Å². The second-order valence-corrected chi connectivity index (χ2v) is 2.71. The van der Waals surface area contributed by atoms with Crippen LogP contribution in [-0.4, -0.2) is 12.1 Å². The molecule has 0 bridgehead atoms. The molecule has 0 saturated carbocycles. The lowest BCUT2D eigenvalue weighted by molar-refractivity contribution is -0.254. The molecule has 86 valence electrons. The molecular weight excluding hydrogens is 231 g/mol. The van der Waals surface area contributed by atoms with E-state index in [4.69, 9.17) is 0 Å². The van der Waals surface area contributed by atoms with Gasteiger partial charge in [0, 0.05) is 5.92 Å². The van der Waals surface area contributed by atoms with Gasteiger partial charge in [0.25, 0.3) is 0 Å². The fourth-order valence-corrected chi connectivity index (χ4v) is 0.708. The van der Waals surface area contributed by atoms with Crippen molar-refractivity contribution in [3.05, 3.63) is 30.3 Å². The summed E-state index contributed by atoms with van der Waals surface area (Å²) in [5.41, 5.74) is 0. The number of alkyl halides is 5. The van der Waals surface area contributed by atoms with Gasteiger partial charge >= 0.3 is 12.1 Å². The molecule has 6 heteroatoms. The lowest BCUT2D eigenvalue weighted by Gasteiger charge is -2.12. The van der Waals surface area contributed by atoms with Gasteiger partial charge in [-0.2, -0.15) is 22.0 Å². The molecule has 0 aromatic heterocycles. The minimum absolute atomic E-state index is 0.0907. The topological polar surface area (TPSA) is 9.23 Å². The first-order valence-electron chi connectivity index (χ1n) is 4.01. The van der Waals surface area contributed by atoms with Gasteiger partial charge in [-0.05, 0) is 12.1 Å². The van der Waals surface area contributed by atoms with Crippen LogP contribution in [0.1, 0.15) is 0 Å². The smallest absolute Gasteiger partial charge is 0.407 e. The Balaban J connectivity index is 2.70. The van der Waals surface area contributed by atoms with Gasteiger partial charge in [-0.15, -0.1) is 0 Å². The van der Waals surface area contributed by atoms with Crippen molar-refractivity contribution in [1.82, 2.24) is 0 Å². The van der Waals surface area contributed by atoms with Gasteiger partial charge in [0.1, 0.15) is 11.9 Å². The highest BCUT2D eigenvalue weighted by Crippen LogP contribution is 2.34. The molecule has 0 atom stereocenters.